The minimum Gasteiger partial charge on any atom is -0.507 e. The van der Waals surface area contributed by atoms with Crippen LogP contribution in [-0.4, -0.2) is 5.11 Å². The van der Waals surface area contributed by atoms with Crippen LogP contribution < -0.4 is 4.74 Å². The summed E-state index contributed by atoms with van der Waals surface area (Å²) >= 11 is 0. The molecule has 2 rings (SSSR count). The summed E-state index contributed by atoms with van der Waals surface area (Å²) in [5, 5.41) is 10.3. The average molecular weight is 258 g/mol. The molecule has 19 heavy (non-hydrogen) atoms. The van der Waals surface area contributed by atoms with Gasteiger partial charge in [0.15, 0.2) is 0 Å². The first-order chi connectivity index (χ1) is 9.15. The molecule has 0 amide bonds. The van der Waals surface area contributed by atoms with Crippen LogP contribution in [0.5, 0.6) is 11.5 Å². The Morgan fingerprint density at radius 2 is 2.26 bits per heavy atom. The summed E-state index contributed by atoms with van der Waals surface area (Å²) < 4.78 is 5.52. The highest BCUT2D eigenvalue weighted by molar-refractivity contribution is 5.51. The van der Waals surface area contributed by atoms with E-state index in [2.05, 4.69) is 26.5 Å². The Kier molecular flexibility index (Phi) is 4.31. The van der Waals surface area contributed by atoms with Gasteiger partial charge in [-0.15, -0.1) is 0 Å². The monoisotopic (exact) mass is 258 g/mol. The van der Waals surface area contributed by atoms with E-state index in [0.29, 0.717) is 5.75 Å². The van der Waals surface area contributed by atoms with Crippen LogP contribution in [0.1, 0.15) is 50.2 Å². The number of hydrogen-bond donors (Lipinski definition) is 1. The summed E-state index contributed by atoms with van der Waals surface area (Å²) in [5.41, 5.74) is 3.37. The third kappa shape index (κ3) is 3.01. The maximum atomic E-state index is 10.3. The molecule has 1 N–H and O–H groups in total. The van der Waals surface area contributed by atoms with Crippen molar-refractivity contribution in [2.24, 2.45) is 0 Å². The molecule has 1 aliphatic rings. The van der Waals surface area contributed by atoms with Gasteiger partial charge < -0.3 is 9.84 Å². The molecule has 1 aromatic rings. The van der Waals surface area contributed by atoms with Crippen molar-refractivity contribution in [3.8, 4) is 11.5 Å². The van der Waals surface area contributed by atoms with Crippen molar-refractivity contribution >= 4 is 0 Å². The topological polar surface area (TPSA) is 29.5 Å². The molecular weight excluding hydrogens is 236 g/mol. The maximum absolute atomic E-state index is 10.3. The fourth-order valence-electron chi connectivity index (χ4n) is 2.77. The van der Waals surface area contributed by atoms with Crippen molar-refractivity contribution < 1.29 is 9.84 Å². The van der Waals surface area contributed by atoms with Gasteiger partial charge in [-0.05, 0) is 50.3 Å². The molecule has 0 saturated heterocycles. The first-order valence-corrected chi connectivity index (χ1v) is 6.96. The summed E-state index contributed by atoms with van der Waals surface area (Å²) in [6.07, 6.45) is 7.93. The Hall–Kier alpha value is -1.70. The molecule has 1 aliphatic carbocycles. The predicted molar refractivity (Wildman–Crippen MR) is 78.7 cm³/mol. The lowest BCUT2D eigenvalue weighted by molar-refractivity contribution is 0.433. The van der Waals surface area contributed by atoms with Gasteiger partial charge in [0.2, 0.25) is 0 Å². The first kappa shape index (κ1) is 13.7. The summed E-state index contributed by atoms with van der Waals surface area (Å²) in [6, 6.07) is 3.86. The zero-order valence-corrected chi connectivity index (χ0v) is 11.8. The van der Waals surface area contributed by atoms with Crippen LogP contribution in [0.3, 0.4) is 0 Å². The second-order valence-corrected chi connectivity index (χ2v) is 5.18. The molecule has 0 bridgehead atoms. The number of hydrogen-bond acceptors (Lipinski definition) is 2. The van der Waals surface area contributed by atoms with Crippen molar-refractivity contribution in [2.75, 3.05) is 0 Å². The Morgan fingerprint density at radius 1 is 1.47 bits per heavy atom. The molecule has 102 valence electrons. The third-order valence-electron chi connectivity index (χ3n) is 3.74. The van der Waals surface area contributed by atoms with Gasteiger partial charge in [0.25, 0.3) is 0 Å². The molecule has 0 radical (unpaired) electrons. The molecule has 1 aromatic carbocycles. The summed E-state index contributed by atoms with van der Waals surface area (Å²) in [7, 11) is 0. The van der Waals surface area contributed by atoms with Crippen LogP contribution in [0, 0.1) is 0 Å². The molecule has 0 heterocycles. The van der Waals surface area contributed by atoms with Gasteiger partial charge in [0.1, 0.15) is 11.5 Å². The van der Waals surface area contributed by atoms with Crippen molar-refractivity contribution in [2.45, 2.75) is 45.4 Å². The van der Waals surface area contributed by atoms with Crippen LogP contribution in [-0.2, 0) is 6.42 Å². The first-order valence-electron chi connectivity index (χ1n) is 6.96. The fourth-order valence-corrected chi connectivity index (χ4v) is 2.77. The molecule has 0 aromatic heterocycles. The van der Waals surface area contributed by atoms with Crippen LogP contribution in [0.25, 0.3) is 0 Å². The molecule has 0 saturated carbocycles. The summed E-state index contributed by atoms with van der Waals surface area (Å²) in [4.78, 5) is 0. The molecule has 1 unspecified atom stereocenters. The van der Waals surface area contributed by atoms with Gasteiger partial charge in [-0.1, -0.05) is 25.2 Å². The quantitative estimate of drug-likeness (QED) is 0.627. The molecule has 0 aliphatic heterocycles. The highest BCUT2D eigenvalue weighted by atomic mass is 16.5. The maximum Gasteiger partial charge on any atom is 0.134 e. The number of phenols is 1. The van der Waals surface area contributed by atoms with E-state index in [1.807, 2.05) is 12.1 Å². The highest BCUT2D eigenvalue weighted by Gasteiger charge is 2.21. The minimum absolute atomic E-state index is 0.245. The van der Waals surface area contributed by atoms with E-state index in [0.717, 1.165) is 42.6 Å². The predicted octanol–water partition coefficient (Wildman–Crippen LogP) is 4.69. The fraction of sp³-hybridized carbons (Fsp3) is 0.412. The van der Waals surface area contributed by atoms with Crippen LogP contribution >= 0.6 is 0 Å². The Labute approximate surface area is 115 Å². The van der Waals surface area contributed by atoms with E-state index in [1.165, 1.54) is 11.8 Å². The van der Waals surface area contributed by atoms with Crippen molar-refractivity contribution in [3.05, 3.63) is 47.7 Å². The van der Waals surface area contributed by atoms with Crippen LogP contribution in [0.4, 0.5) is 0 Å². The van der Waals surface area contributed by atoms with Gasteiger partial charge >= 0.3 is 0 Å². The van der Waals surface area contributed by atoms with Gasteiger partial charge in [-0.2, -0.15) is 0 Å². The summed E-state index contributed by atoms with van der Waals surface area (Å²) in [5.74, 6) is 1.32. The van der Waals surface area contributed by atoms with Gasteiger partial charge in [0, 0.05) is 11.5 Å². The number of aryl methyl sites for hydroxylation is 1. The number of rotatable bonds is 4. The van der Waals surface area contributed by atoms with E-state index >= 15 is 0 Å². The van der Waals surface area contributed by atoms with E-state index in [4.69, 9.17) is 4.74 Å². The van der Waals surface area contributed by atoms with Crippen LogP contribution in [0.15, 0.2) is 36.6 Å². The van der Waals surface area contributed by atoms with Gasteiger partial charge in [0.05, 0.1) is 6.26 Å². The SMILES string of the molecule is C=COc1cc(CC)cc(O)c1C1C=C(C)CCC1. The minimum atomic E-state index is 0.245. The van der Waals surface area contributed by atoms with Gasteiger partial charge in [-0.25, -0.2) is 0 Å². The molecular formula is C17H22O2. The van der Waals surface area contributed by atoms with E-state index in [-0.39, 0.29) is 5.92 Å². The lowest BCUT2D eigenvalue weighted by atomic mass is 9.84. The normalized spacial score (nSPS) is 18.8. The second kappa shape index (κ2) is 5.96. The van der Waals surface area contributed by atoms with Crippen molar-refractivity contribution in [1.82, 2.24) is 0 Å². The average Bonchev–Trinajstić information content (AvgIpc) is 2.38. The smallest absolute Gasteiger partial charge is 0.134 e. The highest BCUT2D eigenvalue weighted by Crippen LogP contribution is 2.42. The van der Waals surface area contributed by atoms with Crippen molar-refractivity contribution in [1.29, 1.82) is 0 Å². The lowest BCUT2D eigenvalue weighted by Gasteiger charge is -2.23. The largest absolute Gasteiger partial charge is 0.507 e. The number of allylic oxidation sites excluding steroid dienone is 2. The van der Waals surface area contributed by atoms with Crippen LogP contribution in [0.2, 0.25) is 0 Å². The Balaban J connectivity index is 2.48. The lowest BCUT2D eigenvalue weighted by Crippen LogP contribution is -2.05. The molecule has 0 spiro atoms. The van der Waals surface area contributed by atoms with E-state index in [1.54, 1.807) is 0 Å². The molecule has 2 heteroatoms. The number of ether oxygens (including phenoxy) is 1. The van der Waals surface area contributed by atoms with E-state index in [9.17, 15) is 5.11 Å². The van der Waals surface area contributed by atoms with Crippen molar-refractivity contribution in [3.63, 3.8) is 0 Å². The number of aromatic hydroxyl groups is 1. The zero-order valence-electron chi connectivity index (χ0n) is 11.8. The Morgan fingerprint density at radius 3 is 2.89 bits per heavy atom. The van der Waals surface area contributed by atoms with E-state index < -0.39 is 0 Å². The Bertz CT molecular complexity index is 500. The summed E-state index contributed by atoms with van der Waals surface area (Å²) in [6.45, 7) is 7.84. The molecule has 2 nitrogen and oxygen atoms in total. The third-order valence-corrected chi connectivity index (χ3v) is 3.74. The molecule has 0 fully saturated rings. The standard InChI is InChI=1S/C17H22O2/c1-4-13-10-15(18)17(16(11-13)19-5-2)14-8-6-7-12(3)9-14/h5,9-11,14,18H,2,4,6-8H2,1,3H3. The zero-order chi connectivity index (χ0) is 13.8. The molecule has 1 atom stereocenters. The number of phenolic OH excluding ortho intramolecular Hbond substituents is 1. The van der Waals surface area contributed by atoms with Gasteiger partial charge in [-0.3, -0.25) is 0 Å². The second-order valence-electron chi connectivity index (χ2n) is 5.18. The number of benzene rings is 1.